The van der Waals surface area contributed by atoms with Crippen LogP contribution in [0.5, 0.6) is 0 Å². The molecule has 0 atom stereocenters. The molecule has 1 aliphatic carbocycles. The number of carbonyl (C=O) groups is 3. The third kappa shape index (κ3) is 5.41. The highest BCUT2D eigenvalue weighted by Crippen LogP contribution is 2.33. The average molecular weight is 410 g/mol. The minimum atomic E-state index is -0.716. The molecule has 0 saturated heterocycles. The molecule has 0 spiro atoms. The summed E-state index contributed by atoms with van der Waals surface area (Å²) in [4.78, 5) is 37.3. The maximum atomic E-state index is 14.3. The van der Waals surface area contributed by atoms with Gasteiger partial charge in [-0.25, -0.2) is 14.0 Å². The van der Waals surface area contributed by atoms with Crippen LogP contribution in [0.1, 0.15) is 47.7 Å². The van der Waals surface area contributed by atoms with E-state index in [1.807, 2.05) is 30.3 Å². The van der Waals surface area contributed by atoms with Crippen LogP contribution in [-0.2, 0) is 25.7 Å². The van der Waals surface area contributed by atoms with Gasteiger partial charge in [0, 0.05) is 17.6 Å². The Morgan fingerprint density at radius 3 is 2.37 bits per heavy atom. The van der Waals surface area contributed by atoms with E-state index in [1.165, 1.54) is 6.07 Å². The SMILES string of the molecule is CCOC(=O)/C=C(\C(=O)C1CCC1)c1cc(F)cc(C(=O)OCc2ccccc2)c1. The molecule has 1 fully saturated rings. The zero-order chi connectivity index (χ0) is 21.5. The highest BCUT2D eigenvalue weighted by Gasteiger charge is 2.29. The number of rotatable bonds is 8. The lowest BCUT2D eigenvalue weighted by molar-refractivity contribution is -0.137. The molecular formula is C24H23FO5. The van der Waals surface area contributed by atoms with Crippen LogP contribution in [-0.4, -0.2) is 24.3 Å². The number of esters is 2. The van der Waals surface area contributed by atoms with Gasteiger partial charge in [-0.05, 0) is 49.1 Å². The van der Waals surface area contributed by atoms with E-state index in [2.05, 4.69) is 0 Å². The lowest BCUT2D eigenvalue weighted by Gasteiger charge is -2.25. The van der Waals surface area contributed by atoms with Gasteiger partial charge in [0.1, 0.15) is 12.4 Å². The number of hydrogen-bond donors (Lipinski definition) is 0. The summed E-state index contributed by atoms with van der Waals surface area (Å²) in [5.41, 5.74) is 0.976. The number of ketones is 1. The highest BCUT2D eigenvalue weighted by atomic mass is 19.1. The molecule has 0 aromatic heterocycles. The minimum Gasteiger partial charge on any atom is -0.463 e. The second-order valence-electron chi connectivity index (χ2n) is 7.09. The van der Waals surface area contributed by atoms with Gasteiger partial charge >= 0.3 is 11.9 Å². The number of hydrogen-bond acceptors (Lipinski definition) is 5. The van der Waals surface area contributed by atoms with E-state index in [1.54, 1.807) is 6.92 Å². The molecule has 0 amide bonds. The van der Waals surface area contributed by atoms with Crippen LogP contribution in [0.2, 0.25) is 0 Å². The predicted octanol–water partition coefficient (Wildman–Crippen LogP) is 4.50. The number of allylic oxidation sites excluding steroid dienone is 1. The number of Topliss-reactive ketones (excluding diaryl/α,β-unsaturated/α-hetero) is 1. The molecule has 0 radical (unpaired) electrons. The van der Waals surface area contributed by atoms with Gasteiger partial charge in [0.2, 0.25) is 0 Å². The van der Waals surface area contributed by atoms with Gasteiger partial charge in [-0.1, -0.05) is 36.8 Å². The summed E-state index contributed by atoms with van der Waals surface area (Å²) < 4.78 is 24.5. The summed E-state index contributed by atoms with van der Waals surface area (Å²) in [5.74, 6) is -2.55. The molecule has 1 aliphatic rings. The Labute approximate surface area is 174 Å². The molecule has 1 saturated carbocycles. The second kappa shape index (κ2) is 9.96. The zero-order valence-corrected chi connectivity index (χ0v) is 16.7. The van der Waals surface area contributed by atoms with Gasteiger partial charge in [-0.15, -0.1) is 0 Å². The monoisotopic (exact) mass is 410 g/mol. The predicted molar refractivity (Wildman–Crippen MR) is 109 cm³/mol. The standard InChI is InChI=1S/C24H23FO5/c1-2-29-22(26)14-21(23(27)17-9-6-10-17)18-11-19(13-20(25)12-18)24(28)30-15-16-7-4-3-5-8-16/h3-5,7-8,11-14,17H,2,6,9-10,15H2,1H3/b21-14-. The fourth-order valence-electron chi connectivity index (χ4n) is 3.16. The van der Waals surface area contributed by atoms with Gasteiger partial charge < -0.3 is 9.47 Å². The Hall–Kier alpha value is -3.28. The molecular weight excluding hydrogens is 387 g/mol. The van der Waals surface area contributed by atoms with Gasteiger partial charge in [0.15, 0.2) is 5.78 Å². The van der Waals surface area contributed by atoms with Crippen LogP contribution >= 0.6 is 0 Å². The molecule has 0 N–H and O–H groups in total. The fraction of sp³-hybridized carbons (Fsp3) is 0.292. The minimum absolute atomic E-state index is 0.0305. The van der Waals surface area contributed by atoms with Crippen molar-refractivity contribution in [3.8, 4) is 0 Å². The lowest BCUT2D eigenvalue weighted by Crippen LogP contribution is -2.23. The molecule has 5 nitrogen and oxygen atoms in total. The van der Waals surface area contributed by atoms with Crippen molar-refractivity contribution in [2.45, 2.75) is 32.8 Å². The highest BCUT2D eigenvalue weighted by molar-refractivity contribution is 6.25. The summed E-state index contributed by atoms with van der Waals surface area (Å²) in [6.45, 7) is 1.85. The van der Waals surface area contributed by atoms with Crippen molar-refractivity contribution in [2.24, 2.45) is 5.92 Å². The van der Waals surface area contributed by atoms with E-state index < -0.39 is 17.8 Å². The Bertz CT molecular complexity index is 961. The van der Waals surface area contributed by atoms with Crippen molar-refractivity contribution in [1.82, 2.24) is 0 Å². The Balaban J connectivity index is 1.86. The molecule has 0 aliphatic heterocycles. The molecule has 30 heavy (non-hydrogen) atoms. The Kier molecular flexibility index (Phi) is 7.12. The first-order valence-electron chi connectivity index (χ1n) is 9.92. The quantitative estimate of drug-likeness (QED) is 0.473. The lowest BCUT2D eigenvalue weighted by atomic mass is 9.78. The van der Waals surface area contributed by atoms with Crippen LogP contribution in [0, 0.1) is 11.7 Å². The molecule has 6 heteroatoms. The van der Waals surface area contributed by atoms with E-state index in [0.717, 1.165) is 43.0 Å². The average Bonchev–Trinajstić information content (AvgIpc) is 2.69. The maximum Gasteiger partial charge on any atom is 0.338 e. The Morgan fingerprint density at radius 1 is 1.03 bits per heavy atom. The third-order valence-electron chi connectivity index (χ3n) is 4.95. The topological polar surface area (TPSA) is 69.7 Å². The number of ether oxygens (including phenoxy) is 2. The van der Waals surface area contributed by atoms with E-state index in [9.17, 15) is 18.8 Å². The molecule has 2 aromatic rings. The summed E-state index contributed by atoms with van der Waals surface area (Å²) in [6, 6.07) is 12.7. The van der Waals surface area contributed by atoms with Crippen molar-refractivity contribution in [3.63, 3.8) is 0 Å². The molecule has 0 heterocycles. The zero-order valence-electron chi connectivity index (χ0n) is 16.7. The van der Waals surface area contributed by atoms with E-state index in [-0.39, 0.29) is 41.6 Å². The van der Waals surface area contributed by atoms with Gasteiger partial charge in [0.05, 0.1) is 12.2 Å². The first kappa shape index (κ1) is 21.4. The maximum absolute atomic E-state index is 14.3. The molecule has 0 unspecified atom stereocenters. The molecule has 0 bridgehead atoms. The number of benzene rings is 2. The Morgan fingerprint density at radius 2 is 1.73 bits per heavy atom. The summed E-state index contributed by atoms with van der Waals surface area (Å²) >= 11 is 0. The van der Waals surface area contributed by atoms with E-state index >= 15 is 0 Å². The summed E-state index contributed by atoms with van der Waals surface area (Å²) in [5, 5.41) is 0. The van der Waals surface area contributed by atoms with Crippen molar-refractivity contribution in [3.05, 3.63) is 77.1 Å². The van der Waals surface area contributed by atoms with Crippen LogP contribution in [0.25, 0.3) is 5.57 Å². The largest absolute Gasteiger partial charge is 0.463 e. The van der Waals surface area contributed by atoms with E-state index in [0.29, 0.717) is 0 Å². The molecule has 156 valence electrons. The van der Waals surface area contributed by atoms with Crippen molar-refractivity contribution >= 4 is 23.3 Å². The van der Waals surface area contributed by atoms with Crippen LogP contribution < -0.4 is 0 Å². The van der Waals surface area contributed by atoms with Crippen LogP contribution in [0.15, 0.2) is 54.6 Å². The smallest absolute Gasteiger partial charge is 0.338 e. The van der Waals surface area contributed by atoms with Gasteiger partial charge in [0.25, 0.3) is 0 Å². The third-order valence-corrected chi connectivity index (χ3v) is 4.95. The number of halogens is 1. The van der Waals surface area contributed by atoms with Crippen molar-refractivity contribution in [1.29, 1.82) is 0 Å². The van der Waals surface area contributed by atoms with Gasteiger partial charge in [-0.3, -0.25) is 4.79 Å². The number of carbonyl (C=O) groups excluding carboxylic acids is 3. The fourth-order valence-corrected chi connectivity index (χ4v) is 3.16. The van der Waals surface area contributed by atoms with Crippen molar-refractivity contribution < 1.29 is 28.2 Å². The molecule has 3 rings (SSSR count). The van der Waals surface area contributed by atoms with E-state index in [4.69, 9.17) is 9.47 Å². The summed E-state index contributed by atoms with van der Waals surface area (Å²) in [7, 11) is 0. The first-order chi connectivity index (χ1) is 14.5. The molecule has 2 aromatic carbocycles. The normalized spacial score (nSPS) is 14.0. The summed E-state index contributed by atoms with van der Waals surface area (Å²) in [6.07, 6.45) is 3.46. The second-order valence-corrected chi connectivity index (χ2v) is 7.09. The van der Waals surface area contributed by atoms with Gasteiger partial charge in [-0.2, -0.15) is 0 Å². The van der Waals surface area contributed by atoms with Crippen LogP contribution in [0.4, 0.5) is 4.39 Å². The van der Waals surface area contributed by atoms with Crippen LogP contribution in [0.3, 0.4) is 0 Å². The first-order valence-corrected chi connectivity index (χ1v) is 9.92. The van der Waals surface area contributed by atoms with Crippen molar-refractivity contribution in [2.75, 3.05) is 6.61 Å².